The largest absolute Gasteiger partial charge is 0.371 e. The van der Waals surface area contributed by atoms with E-state index in [2.05, 4.69) is 56.9 Å². The molecule has 3 N–H and O–H groups in total. The van der Waals surface area contributed by atoms with Crippen molar-refractivity contribution in [3.63, 3.8) is 0 Å². The summed E-state index contributed by atoms with van der Waals surface area (Å²) < 4.78 is 1.65. The van der Waals surface area contributed by atoms with Gasteiger partial charge < -0.3 is 24.9 Å². The summed E-state index contributed by atoms with van der Waals surface area (Å²) in [6, 6.07) is 14.5. The number of anilines is 4. The predicted octanol–water partition coefficient (Wildman–Crippen LogP) is 3.44. The first-order valence-corrected chi connectivity index (χ1v) is 23.8. The summed E-state index contributed by atoms with van der Waals surface area (Å²) >= 11 is 0. The van der Waals surface area contributed by atoms with Gasteiger partial charge in [0.05, 0.1) is 28.3 Å². The smallest absolute Gasteiger partial charge is 0.262 e. The van der Waals surface area contributed by atoms with Crippen LogP contribution in [0.25, 0.3) is 22.2 Å². The molecule has 3 aromatic heterocycles. The van der Waals surface area contributed by atoms with E-state index in [9.17, 15) is 24.0 Å². The molecule has 0 saturated carbocycles. The maximum atomic E-state index is 13.7. The molecule has 0 bridgehead atoms. The Kier molecular flexibility index (Phi) is 11.2. The molecule has 20 nitrogen and oxygen atoms in total. The van der Waals surface area contributed by atoms with Crippen LogP contribution in [0, 0.1) is 5.92 Å². The van der Waals surface area contributed by atoms with Crippen molar-refractivity contribution in [3.05, 3.63) is 77.1 Å². The van der Waals surface area contributed by atoms with E-state index >= 15 is 0 Å². The summed E-state index contributed by atoms with van der Waals surface area (Å²) in [6.45, 7) is 12.6. The average Bonchev–Trinajstić information content (AvgIpc) is 4.08. The fraction of sp³-hybridized carbons (Fsp3) is 0.458. The zero-order valence-corrected chi connectivity index (χ0v) is 38.5. The molecule has 0 spiro atoms. The number of H-pyrrole nitrogens is 1. The highest BCUT2D eigenvalue weighted by molar-refractivity contribution is 6.23. The normalized spacial score (nSPS) is 22.3. The number of benzene rings is 2. The number of piperazine rings is 1. The van der Waals surface area contributed by atoms with E-state index in [-0.39, 0.29) is 30.7 Å². The molecule has 9 heterocycles. The van der Waals surface area contributed by atoms with Crippen molar-refractivity contribution in [1.29, 1.82) is 0 Å². The third-order valence-corrected chi connectivity index (χ3v) is 15.2. The van der Waals surface area contributed by atoms with Crippen molar-refractivity contribution < 1.29 is 24.0 Å². The first-order valence-electron chi connectivity index (χ1n) is 23.8. The van der Waals surface area contributed by atoms with Crippen molar-refractivity contribution in [2.75, 3.05) is 86.0 Å². The molecule has 0 aliphatic carbocycles. The molecule has 68 heavy (non-hydrogen) atoms. The second kappa shape index (κ2) is 17.5. The van der Waals surface area contributed by atoms with Gasteiger partial charge in [0, 0.05) is 99.5 Å². The molecule has 4 saturated heterocycles. The molecule has 4 fully saturated rings. The molecule has 1 unspecified atom stereocenters. The van der Waals surface area contributed by atoms with E-state index in [4.69, 9.17) is 10.1 Å². The summed E-state index contributed by atoms with van der Waals surface area (Å²) in [4.78, 5) is 82.1. The number of amides is 5. The fourth-order valence-electron chi connectivity index (χ4n) is 11.2. The number of likely N-dealkylation sites (tertiary alicyclic amines) is 1. The van der Waals surface area contributed by atoms with Gasteiger partial charge in [0.1, 0.15) is 17.6 Å². The van der Waals surface area contributed by atoms with Crippen molar-refractivity contribution in [2.24, 2.45) is 5.92 Å². The zero-order valence-electron chi connectivity index (χ0n) is 38.5. The van der Waals surface area contributed by atoms with Gasteiger partial charge in [-0.3, -0.25) is 44.2 Å². The molecule has 2 aromatic carbocycles. The molecular weight excluding hydrogens is 867 g/mol. The summed E-state index contributed by atoms with van der Waals surface area (Å²) in [7, 11) is 1.85. The van der Waals surface area contributed by atoms with Crippen LogP contribution < -0.4 is 25.3 Å². The number of hydrogen-bond acceptors (Lipinski definition) is 15. The number of allylic oxidation sites excluding steroid dienone is 1. The minimum atomic E-state index is -0.966. The first kappa shape index (κ1) is 43.5. The van der Waals surface area contributed by atoms with E-state index in [0.717, 1.165) is 116 Å². The summed E-state index contributed by atoms with van der Waals surface area (Å²) in [5.41, 5.74) is 6.22. The third kappa shape index (κ3) is 7.83. The maximum Gasteiger partial charge on any atom is 0.262 e. The number of hydrogen-bond donors (Lipinski definition) is 3. The Bertz CT molecular complexity index is 2870. The zero-order chi connectivity index (χ0) is 46.8. The molecule has 5 aromatic rings. The lowest BCUT2D eigenvalue weighted by molar-refractivity contribution is -0.136. The molecular formula is C48H55N15O5. The van der Waals surface area contributed by atoms with Crippen molar-refractivity contribution in [3.8, 4) is 11.3 Å². The lowest BCUT2D eigenvalue weighted by atomic mass is 9.92. The van der Waals surface area contributed by atoms with Crippen molar-refractivity contribution in [2.45, 2.75) is 70.5 Å². The number of nitrogens with one attached hydrogen (secondary N) is 3. The second-order valence-electron chi connectivity index (χ2n) is 19.0. The van der Waals surface area contributed by atoms with Gasteiger partial charge in [0.15, 0.2) is 0 Å². The highest BCUT2D eigenvalue weighted by Crippen LogP contribution is 2.36. The number of carbonyl (C=O) groups is 5. The van der Waals surface area contributed by atoms with Crippen LogP contribution in [0.15, 0.2) is 66.0 Å². The van der Waals surface area contributed by atoms with Crippen LogP contribution in [0.3, 0.4) is 0 Å². The molecule has 20 heteroatoms. The van der Waals surface area contributed by atoms with Crippen LogP contribution in [0.1, 0.15) is 79.1 Å². The van der Waals surface area contributed by atoms with E-state index < -0.39 is 23.8 Å². The van der Waals surface area contributed by atoms with E-state index in [1.165, 1.54) is 12.8 Å². The molecule has 352 valence electrons. The standard InChI is InChI=1S/C48H55N15O5/c1-28-42(29(2)63-48(57(28)3)54-55-56-63)45(66)50-32-4-7-38-37(25-32)43(53-52-38)31-10-15-49-40(24-31)61-22-20-58(21-23-61)27-30-11-16-59(17-12-30)33-13-18-60(19-14-33)34-5-6-35-36(26-34)47(68)62(46(35)67)39-8-9-41(64)51-44(39)65/h4-7,10,15,24-26,29-30,33,39H,8-9,11-14,16-23,27H2,1-3H3,(H,50,66)(H,52,53)(H,51,64,65)/t29-,39?/m1/s1. The predicted molar refractivity (Wildman–Crippen MR) is 253 cm³/mol. The number of fused-ring (bicyclic) bond motifs is 3. The highest BCUT2D eigenvalue weighted by atomic mass is 16.2. The van der Waals surface area contributed by atoms with Crippen LogP contribution in [0.4, 0.5) is 23.1 Å². The monoisotopic (exact) mass is 921 g/mol. The van der Waals surface area contributed by atoms with Crippen LogP contribution in [0.2, 0.25) is 0 Å². The number of aromatic amines is 1. The molecule has 0 radical (unpaired) electrons. The van der Waals surface area contributed by atoms with E-state index in [0.29, 0.717) is 40.3 Å². The van der Waals surface area contributed by atoms with Gasteiger partial charge in [-0.05, 0) is 124 Å². The Hall–Kier alpha value is -7.06. The van der Waals surface area contributed by atoms with Gasteiger partial charge >= 0.3 is 0 Å². The number of rotatable bonds is 9. The number of piperidine rings is 3. The van der Waals surface area contributed by atoms with E-state index in [1.54, 1.807) is 16.8 Å². The van der Waals surface area contributed by atoms with Gasteiger partial charge in [0.2, 0.25) is 17.8 Å². The number of carbonyl (C=O) groups excluding carboxylic acids is 5. The fourth-order valence-corrected chi connectivity index (χ4v) is 11.2. The number of aromatic nitrogens is 7. The van der Waals surface area contributed by atoms with Crippen LogP contribution in [0.5, 0.6) is 0 Å². The van der Waals surface area contributed by atoms with Crippen LogP contribution in [-0.4, -0.2) is 158 Å². The molecule has 11 rings (SSSR count). The summed E-state index contributed by atoms with van der Waals surface area (Å²) in [5.74, 6) is 0.0496. The van der Waals surface area contributed by atoms with Gasteiger partial charge in [-0.2, -0.15) is 5.10 Å². The number of imide groups is 2. The van der Waals surface area contributed by atoms with Gasteiger partial charge in [-0.15, -0.1) is 0 Å². The van der Waals surface area contributed by atoms with Crippen molar-refractivity contribution >= 4 is 63.6 Å². The summed E-state index contributed by atoms with van der Waals surface area (Å²) in [6.07, 6.45) is 6.53. The molecule has 2 atom stereocenters. The van der Waals surface area contributed by atoms with Crippen molar-refractivity contribution in [1.82, 2.24) is 55.4 Å². The molecule has 6 aliphatic heterocycles. The van der Waals surface area contributed by atoms with E-state index in [1.807, 2.05) is 62.3 Å². The van der Waals surface area contributed by atoms with Gasteiger partial charge in [-0.25, -0.2) is 9.67 Å². The second-order valence-corrected chi connectivity index (χ2v) is 19.0. The number of tetrazole rings is 1. The topological polar surface area (TPSA) is 214 Å². The minimum absolute atomic E-state index is 0.0980. The van der Waals surface area contributed by atoms with Crippen LogP contribution in [-0.2, 0) is 14.4 Å². The minimum Gasteiger partial charge on any atom is -0.371 e. The van der Waals surface area contributed by atoms with Crippen LogP contribution >= 0.6 is 0 Å². The Morgan fingerprint density at radius 3 is 2.40 bits per heavy atom. The van der Waals surface area contributed by atoms with Gasteiger partial charge in [0.25, 0.3) is 17.7 Å². The third-order valence-electron chi connectivity index (χ3n) is 15.2. The lowest BCUT2D eigenvalue weighted by Crippen LogP contribution is -2.54. The molecule has 5 amide bonds. The highest BCUT2D eigenvalue weighted by Gasteiger charge is 2.45. The first-order chi connectivity index (χ1) is 33.0. The number of pyridine rings is 1. The quantitative estimate of drug-likeness (QED) is 0.181. The number of nitrogens with zero attached hydrogens (tertiary/aromatic N) is 12. The Balaban J connectivity index is 0.649. The summed E-state index contributed by atoms with van der Waals surface area (Å²) in [5, 5.41) is 26.1. The molecule has 6 aliphatic rings. The average molecular weight is 922 g/mol. The lowest BCUT2D eigenvalue weighted by Gasteiger charge is -2.43. The SMILES string of the molecule is CC1=C(C(=O)Nc2ccc3[nH]nc(-c4ccnc(N5CCN(CC6CCN(C7CCN(c8ccc9c(c8)C(=O)N(C8CCC(=O)NC8=O)C9=O)CC7)CC6)CC5)c4)c3c2)[C@@H](C)n2nnnc2N1C. The Morgan fingerprint density at radius 2 is 1.62 bits per heavy atom. The Labute approximate surface area is 392 Å². The maximum absolute atomic E-state index is 13.7. The Morgan fingerprint density at radius 1 is 0.838 bits per heavy atom. The van der Waals surface area contributed by atoms with Gasteiger partial charge in [-0.1, -0.05) is 5.10 Å².